The van der Waals surface area contributed by atoms with E-state index in [1.165, 1.54) is 29.2 Å². The maximum atomic E-state index is 13.6. The molecule has 0 aliphatic carbocycles. The highest BCUT2D eigenvalue weighted by molar-refractivity contribution is 7.91. The van der Waals surface area contributed by atoms with Crippen LogP contribution in [0, 0.1) is 12.7 Å². The van der Waals surface area contributed by atoms with E-state index in [9.17, 15) is 30.8 Å². The number of sulfone groups is 1. The molecule has 1 amide bonds. The average molecular weight is 442 g/mol. The second-order valence-electron chi connectivity index (χ2n) is 7.56. The molecular formula is C20H18F4N2O3S. The number of benzene rings is 2. The molecule has 10 heteroatoms. The Labute approximate surface area is 170 Å². The van der Waals surface area contributed by atoms with Gasteiger partial charge >= 0.3 is 6.18 Å². The van der Waals surface area contributed by atoms with Crippen LogP contribution in [0.1, 0.15) is 27.9 Å². The highest BCUT2D eigenvalue weighted by Crippen LogP contribution is 2.40. The number of carbonyl (C=O) groups is 1. The normalized spacial score (nSPS) is 21.1. The number of hydrogen-bond donors (Lipinski definition) is 0. The Morgan fingerprint density at radius 2 is 1.77 bits per heavy atom. The van der Waals surface area contributed by atoms with E-state index in [0.29, 0.717) is 11.3 Å². The number of fused-ring (bicyclic) bond motifs is 1. The quantitative estimate of drug-likeness (QED) is 0.663. The predicted molar refractivity (Wildman–Crippen MR) is 103 cm³/mol. The lowest BCUT2D eigenvalue weighted by atomic mass is 10.0. The summed E-state index contributed by atoms with van der Waals surface area (Å²) in [6, 6.07) is 6.29. The number of carbonyl (C=O) groups excluding carboxylic acids is 1. The van der Waals surface area contributed by atoms with Gasteiger partial charge in [-0.3, -0.25) is 4.79 Å². The first-order valence-electron chi connectivity index (χ1n) is 9.22. The van der Waals surface area contributed by atoms with Gasteiger partial charge in [0.05, 0.1) is 35.0 Å². The highest BCUT2D eigenvalue weighted by Gasteiger charge is 2.41. The van der Waals surface area contributed by atoms with Gasteiger partial charge in [-0.05, 0) is 55.3 Å². The Balaban J connectivity index is 1.84. The van der Waals surface area contributed by atoms with Gasteiger partial charge in [0.2, 0.25) is 0 Å². The average Bonchev–Trinajstić information content (AvgIpc) is 3.01. The zero-order chi connectivity index (χ0) is 21.8. The van der Waals surface area contributed by atoms with E-state index >= 15 is 0 Å². The molecule has 0 radical (unpaired) electrons. The molecule has 2 aromatic rings. The van der Waals surface area contributed by atoms with E-state index in [0.717, 1.165) is 12.1 Å². The van der Waals surface area contributed by atoms with Crippen molar-refractivity contribution in [3.05, 3.63) is 58.9 Å². The second kappa shape index (κ2) is 6.97. The van der Waals surface area contributed by atoms with Crippen molar-refractivity contribution in [2.24, 2.45) is 0 Å². The van der Waals surface area contributed by atoms with Crippen molar-refractivity contribution in [3.8, 4) is 0 Å². The van der Waals surface area contributed by atoms with Gasteiger partial charge in [-0.2, -0.15) is 13.2 Å². The zero-order valence-electron chi connectivity index (χ0n) is 15.9. The second-order valence-corrected chi connectivity index (χ2v) is 9.79. The Morgan fingerprint density at radius 3 is 2.37 bits per heavy atom. The molecule has 0 bridgehead atoms. The van der Waals surface area contributed by atoms with Gasteiger partial charge in [-0.15, -0.1) is 0 Å². The van der Waals surface area contributed by atoms with Crippen LogP contribution in [0.25, 0.3) is 0 Å². The van der Waals surface area contributed by atoms with Crippen LogP contribution in [0.2, 0.25) is 0 Å². The molecule has 1 saturated heterocycles. The lowest BCUT2D eigenvalue weighted by Crippen LogP contribution is -2.50. The van der Waals surface area contributed by atoms with Crippen molar-refractivity contribution in [3.63, 3.8) is 0 Å². The van der Waals surface area contributed by atoms with Gasteiger partial charge in [0.25, 0.3) is 5.91 Å². The molecule has 0 saturated carbocycles. The van der Waals surface area contributed by atoms with E-state index in [4.69, 9.17) is 0 Å². The summed E-state index contributed by atoms with van der Waals surface area (Å²) in [7, 11) is -3.31. The zero-order valence-corrected chi connectivity index (χ0v) is 16.7. The molecule has 1 unspecified atom stereocenters. The first kappa shape index (κ1) is 20.6. The number of alkyl halides is 3. The van der Waals surface area contributed by atoms with Crippen molar-refractivity contribution in [1.82, 2.24) is 4.90 Å². The molecule has 4 rings (SSSR count). The minimum Gasteiger partial charge on any atom is -0.322 e. The fourth-order valence-electron chi connectivity index (χ4n) is 4.00. The monoisotopic (exact) mass is 442 g/mol. The number of aryl methyl sites for hydroxylation is 1. The molecule has 2 aliphatic rings. The van der Waals surface area contributed by atoms with E-state index in [1.807, 2.05) is 0 Å². The largest absolute Gasteiger partial charge is 0.416 e. The maximum absolute atomic E-state index is 13.6. The summed E-state index contributed by atoms with van der Waals surface area (Å²) in [5.41, 5.74) is 0.195. The van der Waals surface area contributed by atoms with Gasteiger partial charge in [-0.1, -0.05) is 0 Å². The van der Waals surface area contributed by atoms with Crippen LogP contribution in [0.4, 0.5) is 28.9 Å². The van der Waals surface area contributed by atoms with Crippen molar-refractivity contribution < 1.29 is 30.8 Å². The summed E-state index contributed by atoms with van der Waals surface area (Å²) in [5.74, 6) is -1.42. The van der Waals surface area contributed by atoms with Crippen LogP contribution in [-0.2, 0) is 16.0 Å². The Morgan fingerprint density at radius 1 is 1.07 bits per heavy atom. The molecule has 160 valence electrons. The fourth-order valence-corrected chi connectivity index (χ4v) is 5.73. The van der Waals surface area contributed by atoms with Crippen LogP contribution in [0.15, 0.2) is 36.4 Å². The SMILES string of the molecule is Cc1cc(F)ccc1N1CN(C2CCS(=O)(=O)C2)C(=O)c2cc(C(F)(F)F)ccc21. The number of rotatable bonds is 2. The predicted octanol–water partition coefficient (Wildman–Crippen LogP) is 3.89. The van der Waals surface area contributed by atoms with Crippen molar-refractivity contribution in [2.75, 3.05) is 23.1 Å². The molecule has 2 heterocycles. The third-order valence-corrected chi connectivity index (χ3v) is 7.25. The van der Waals surface area contributed by atoms with E-state index in [-0.39, 0.29) is 35.8 Å². The molecule has 2 aliphatic heterocycles. The van der Waals surface area contributed by atoms with Crippen LogP contribution in [-0.4, -0.2) is 43.4 Å². The summed E-state index contributed by atoms with van der Waals surface area (Å²) < 4.78 is 77.2. The topological polar surface area (TPSA) is 57.7 Å². The maximum Gasteiger partial charge on any atom is 0.416 e. The van der Waals surface area contributed by atoms with Crippen molar-refractivity contribution >= 4 is 27.1 Å². The molecule has 0 N–H and O–H groups in total. The minimum absolute atomic E-state index is 0.0378. The van der Waals surface area contributed by atoms with Crippen molar-refractivity contribution in [1.29, 1.82) is 0 Å². The summed E-state index contributed by atoms with van der Waals surface area (Å²) in [6.07, 6.45) is -4.41. The summed E-state index contributed by atoms with van der Waals surface area (Å²) in [4.78, 5) is 16.0. The standard InChI is InChI=1S/C20H18F4N2O3S/c1-12-8-14(21)3-5-17(12)26-11-25(15-6-7-30(28,29)10-15)19(27)16-9-13(20(22,23)24)2-4-18(16)26/h2-5,8-9,15H,6-7,10-11H2,1H3. The molecule has 1 fully saturated rings. The number of hydrogen-bond acceptors (Lipinski definition) is 4. The summed E-state index contributed by atoms with van der Waals surface area (Å²) >= 11 is 0. The Hall–Kier alpha value is -2.62. The molecule has 2 aromatic carbocycles. The number of amides is 1. The fraction of sp³-hybridized carbons (Fsp3) is 0.350. The van der Waals surface area contributed by atoms with Crippen LogP contribution >= 0.6 is 0 Å². The first-order valence-corrected chi connectivity index (χ1v) is 11.0. The Kier molecular flexibility index (Phi) is 4.80. The molecule has 0 aromatic heterocycles. The van der Waals surface area contributed by atoms with Gasteiger partial charge in [0.1, 0.15) is 5.82 Å². The lowest BCUT2D eigenvalue weighted by molar-refractivity contribution is -0.137. The minimum atomic E-state index is -4.63. The number of nitrogens with zero attached hydrogens (tertiary/aromatic N) is 2. The number of anilines is 2. The number of halogens is 4. The third-order valence-electron chi connectivity index (χ3n) is 5.50. The van der Waals surface area contributed by atoms with E-state index in [1.54, 1.807) is 11.8 Å². The van der Waals surface area contributed by atoms with E-state index in [2.05, 4.69) is 0 Å². The molecule has 1 atom stereocenters. The molecule has 5 nitrogen and oxygen atoms in total. The molecule has 30 heavy (non-hydrogen) atoms. The van der Waals surface area contributed by atoms with Gasteiger partial charge in [-0.25, -0.2) is 12.8 Å². The lowest BCUT2D eigenvalue weighted by Gasteiger charge is -2.41. The van der Waals surface area contributed by atoms with Gasteiger partial charge in [0.15, 0.2) is 9.84 Å². The van der Waals surface area contributed by atoms with Crippen LogP contribution in [0.3, 0.4) is 0 Å². The van der Waals surface area contributed by atoms with Crippen molar-refractivity contribution in [2.45, 2.75) is 25.6 Å². The van der Waals surface area contributed by atoms with E-state index < -0.39 is 39.3 Å². The molecular weight excluding hydrogens is 424 g/mol. The van der Waals surface area contributed by atoms with Gasteiger partial charge < -0.3 is 9.80 Å². The van der Waals surface area contributed by atoms with Gasteiger partial charge in [0, 0.05) is 11.7 Å². The van der Waals surface area contributed by atoms with Crippen LogP contribution < -0.4 is 4.90 Å². The van der Waals surface area contributed by atoms with Crippen LogP contribution in [0.5, 0.6) is 0 Å². The smallest absolute Gasteiger partial charge is 0.322 e. The first-order chi connectivity index (χ1) is 14.0. The third kappa shape index (κ3) is 3.64. The highest BCUT2D eigenvalue weighted by atomic mass is 32.2. The summed E-state index contributed by atoms with van der Waals surface area (Å²) in [5, 5.41) is 0. The Bertz CT molecular complexity index is 1130. The molecule has 0 spiro atoms. The summed E-state index contributed by atoms with van der Waals surface area (Å²) in [6.45, 7) is 1.62.